The van der Waals surface area contributed by atoms with Crippen molar-refractivity contribution in [3.63, 3.8) is 0 Å². The number of carboxylic acids is 1. The Labute approximate surface area is 203 Å². The molecule has 0 bridgehead atoms. The Bertz CT molecular complexity index is 1360. The summed E-state index contributed by atoms with van der Waals surface area (Å²) in [6.45, 7) is 4.31. The normalized spacial score (nSPS) is 11.9. The quantitative estimate of drug-likeness (QED) is 0.436. The van der Waals surface area contributed by atoms with Crippen molar-refractivity contribution in [1.82, 2.24) is 9.88 Å². The maximum atomic E-state index is 13.7. The van der Waals surface area contributed by atoms with Gasteiger partial charge in [-0.25, -0.2) is 9.59 Å². The monoisotopic (exact) mass is 506 g/mol. The number of carboxylic acid groups (broad SMARTS) is 1. The Kier molecular flexibility index (Phi) is 7.33. The third-order valence-electron chi connectivity index (χ3n) is 5.29. The highest BCUT2D eigenvalue weighted by Gasteiger charge is 2.35. The number of phenols is 1. The molecule has 0 saturated heterocycles. The van der Waals surface area contributed by atoms with E-state index >= 15 is 0 Å². The summed E-state index contributed by atoms with van der Waals surface area (Å²) >= 11 is 0. The van der Waals surface area contributed by atoms with Crippen molar-refractivity contribution in [3.05, 3.63) is 75.1 Å². The highest BCUT2D eigenvalue weighted by Crippen LogP contribution is 2.34. The second kappa shape index (κ2) is 9.92. The Morgan fingerprint density at radius 2 is 1.69 bits per heavy atom. The first-order valence-electron chi connectivity index (χ1n) is 10.9. The molecule has 0 aliphatic rings. The number of nitrogens with one attached hydrogen (secondary N) is 1. The lowest BCUT2D eigenvalue weighted by molar-refractivity contribution is -0.138. The van der Waals surface area contributed by atoms with E-state index in [0.717, 1.165) is 17.0 Å². The molecule has 3 aromatic rings. The van der Waals surface area contributed by atoms with Crippen LogP contribution in [-0.4, -0.2) is 44.3 Å². The van der Waals surface area contributed by atoms with Crippen LogP contribution in [0.4, 0.5) is 18.0 Å². The van der Waals surface area contributed by atoms with E-state index in [9.17, 15) is 32.7 Å². The molecule has 192 valence electrons. The average Bonchev–Trinajstić information content (AvgIpc) is 2.76. The van der Waals surface area contributed by atoms with Crippen LogP contribution in [0, 0.1) is 0 Å². The number of aromatic hydroxyl groups is 1. The van der Waals surface area contributed by atoms with E-state index in [1.165, 1.54) is 18.2 Å². The molecule has 1 heterocycles. The standard InChI is InChI=1S/C25H25F3N2O6/c1-24(2,3)36-23(35)30(13-16-5-4-15(22(33)34)12-18(16)25(26,27)28)11-10-14-6-8-19(31)21-17(14)7-9-20(32)29-21/h4-9,12,31H,10-11,13H2,1-3H3,(H,29,32)(H,33,34). The van der Waals surface area contributed by atoms with Gasteiger partial charge in [0.05, 0.1) is 16.6 Å². The van der Waals surface area contributed by atoms with Gasteiger partial charge in [0.2, 0.25) is 5.56 Å². The van der Waals surface area contributed by atoms with Gasteiger partial charge in [-0.15, -0.1) is 0 Å². The van der Waals surface area contributed by atoms with Gasteiger partial charge in [0, 0.05) is 24.5 Å². The zero-order valence-corrected chi connectivity index (χ0v) is 19.8. The Morgan fingerprint density at radius 3 is 2.31 bits per heavy atom. The summed E-state index contributed by atoms with van der Waals surface area (Å²) in [6, 6.07) is 8.36. The zero-order chi connectivity index (χ0) is 26.8. The van der Waals surface area contributed by atoms with Crippen LogP contribution in [0.25, 0.3) is 10.9 Å². The number of fused-ring (bicyclic) bond motifs is 1. The molecule has 0 fully saturated rings. The molecule has 0 aliphatic heterocycles. The van der Waals surface area contributed by atoms with Gasteiger partial charge in [0.15, 0.2) is 0 Å². The molecule has 11 heteroatoms. The van der Waals surface area contributed by atoms with Gasteiger partial charge in [0.25, 0.3) is 0 Å². The van der Waals surface area contributed by atoms with Gasteiger partial charge in [-0.1, -0.05) is 12.1 Å². The number of pyridine rings is 1. The maximum Gasteiger partial charge on any atom is 0.416 e. The van der Waals surface area contributed by atoms with Crippen LogP contribution in [0.5, 0.6) is 5.75 Å². The summed E-state index contributed by atoms with van der Waals surface area (Å²) in [7, 11) is 0. The van der Waals surface area contributed by atoms with Crippen LogP contribution in [0.15, 0.2) is 47.3 Å². The van der Waals surface area contributed by atoms with E-state index in [0.29, 0.717) is 17.0 Å². The average molecular weight is 506 g/mol. The third-order valence-corrected chi connectivity index (χ3v) is 5.29. The number of aromatic amines is 1. The van der Waals surface area contributed by atoms with Crippen molar-refractivity contribution in [2.24, 2.45) is 0 Å². The molecular weight excluding hydrogens is 481 g/mol. The van der Waals surface area contributed by atoms with Crippen molar-refractivity contribution in [2.75, 3.05) is 6.54 Å². The number of aromatic nitrogens is 1. The van der Waals surface area contributed by atoms with Gasteiger partial charge in [0.1, 0.15) is 11.4 Å². The highest BCUT2D eigenvalue weighted by molar-refractivity contribution is 5.88. The summed E-state index contributed by atoms with van der Waals surface area (Å²) in [5, 5.41) is 19.7. The predicted octanol–water partition coefficient (Wildman–Crippen LogP) is 4.93. The molecule has 1 aromatic heterocycles. The lowest BCUT2D eigenvalue weighted by Gasteiger charge is -2.28. The number of hydrogen-bond acceptors (Lipinski definition) is 5. The largest absolute Gasteiger partial charge is 0.506 e. The van der Waals surface area contributed by atoms with Gasteiger partial charge < -0.3 is 24.8 Å². The molecule has 0 saturated carbocycles. The van der Waals surface area contributed by atoms with Crippen molar-refractivity contribution >= 4 is 23.0 Å². The first-order valence-corrected chi connectivity index (χ1v) is 10.9. The van der Waals surface area contributed by atoms with Crippen LogP contribution in [0.3, 0.4) is 0 Å². The predicted molar refractivity (Wildman–Crippen MR) is 125 cm³/mol. The number of nitrogens with zero attached hydrogens (tertiary/aromatic N) is 1. The molecule has 36 heavy (non-hydrogen) atoms. The maximum absolute atomic E-state index is 13.7. The summed E-state index contributed by atoms with van der Waals surface area (Å²) in [4.78, 5) is 39.4. The van der Waals surface area contributed by atoms with E-state index in [-0.39, 0.29) is 29.8 Å². The number of ether oxygens (including phenoxy) is 1. The van der Waals surface area contributed by atoms with Crippen molar-refractivity contribution in [3.8, 4) is 5.75 Å². The minimum Gasteiger partial charge on any atom is -0.506 e. The van der Waals surface area contributed by atoms with E-state index < -0.39 is 47.1 Å². The van der Waals surface area contributed by atoms with Crippen LogP contribution in [-0.2, 0) is 23.9 Å². The first kappa shape index (κ1) is 26.6. The summed E-state index contributed by atoms with van der Waals surface area (Å²) < 4.78 is 46.6. The van der Waals surface area contributed by atoms with E-state index in [1.807, 2.05) is 0 Å². The van der Waals surface area contributed by atoms with Crippen molar-refractivity contribution in [2.45, 2.75) is 45.5 Å². The van der Waals surface area contributed by atoms with Crippen LogP contribution in [0.1, 0.15) is 47.8 Å². The SMILES string of the molecule is CC(C)(C)OC(=O)N(CCc1ccc(O)c2[nH]c(=O)ccc12)Cc1ccc(C(=O)O)cc1C(F)(F)F. The molecular formula is C25H25F3N2O6. The molecule has 0 aliphatic carbocycles. The van der Waals surface area contributed by atoms with Crippen LogP contribution in [0.2, 0.25) is 0 Å². The molecule has 0 radical (unpaired) electrons. The lowest BCUT2D eigenvalue weighted by atomic mass is 10.0. The number of halogens is 3. The smallest absolute Gasteiger partial charge is 0.416 e. The minimum absolute atomic E-state index is 0.0636. The fraction of sp³-hybridized carbons (Fsp3) is 0.320. The Morgan fingerprint density at radius 1 is 1.03 bits per heavy atom. The number of H-pyrrole nitrogens is 1. The number of benzene rings is 2. The summed E-state index contributed by atoms with van der Waals surface area (Å²) in [5.41, 5.74) is -2.49. The summed E-state index contributed by atoms with van der Waals surface area (Å²) in [6.07, 6.45) is -5.54. The second-order valence-electron chi connectivity index (χ2n) is 9.18. The number of hydrogen-bond donors (Lipinski definition) is 3. The van der Waals surface area contributed by atoms with Gasteiger partial charge in [-0.2, -0.15) is 13.2 Å². The first-order chi connectivity index (χ1) is 16.7. The number of phenolic OH excluding ortho intramolecular Hbond substituents is 1. The number of carbonyl (C=O) groups excluding carboxylic acids is 1. The van der Waals surface area contributed by atoms with E-state index in [1.54, 1.807) is 26.8 Å². The second-order valence-corrected chi connectivity index (χ2v) is 9.18. The lowest BCUT2D eigenvalue weighted by Crippen LogP contribution is -2.38. The van der Waals surface area contributed by atoms with Gasteiger partial charge in [-0.05, 0) is 62.6 Å². The Hall–Kier alpha value is -4.02. The molecule has 0 spiro atoms. The molecule has 1 amide bonds. The number of alkyl halides is 3. The van der Waals surface area contributed by atoms with E-state index in [2.05, 4.69) is 4.98 Å². The number of aromatic carboxylic acids is 1. The van der Waals surface area contributed by atoms with Crippen molar-refractivity contribution in [1.29, 1.82) is 0 Å². The third kappa shape index (κ3) is 6.35. The van der Waals surface area contributed by atoms with Crippen LogP contribution >= 0.6 is 0 Å². The van der Waals surface area contributed by atoms with Crippen LogP contribution < -0.4 is 5.56 Å². The zero-order valence-electron chi connectivity index (χ0n) is 19.8. The number of amides is 1. The molecule has 3 rings (SSSR count). The molecule has 2 aromatic carbocycles. The molecule has 8 nitrogen and oxygen atoms in total. The summed E-state index contributed by atoms with van der Waals surface area (Å²) in [5.74, 6) is -1.66. The molecule has 0 atom stereocenters. The van der Waals surface area contributed by atoms with Crippen molar-refractivity contribution < 1.29 is 37.7 Å². The topological polar surface area (TPSA) is 120 Å². The van der Waals surface area contributed by atoms with Gasteiger partial charge in [-0.3, -0.25) is 4.79 Å². The number of carbonyl (C=O) groups is 2. The highest BCUT2D eigenvalue weighted by atomic mass is 19.4. The van der Waals surface area contributed by atoms with Gasteiger partial charge >= 0.3 is 18.2 Å². The minimum atomic E-state index is -4.85. The molecule has 3 N–H and O–H groups in total. The fourth-order valence-electron chi connectivity index (χ4n) is 3.65. The molecule has 0 unspecified atom stereocenters. The van der Waals surface area contributed by atoms with E-state index in [4.69, 9.17) is 9.84 Å². The Balaban J connectivity index is 1.97. The fourth-order valence-corrected chi connectivity index (χ4v) is 3.65. The number of rotatable bonds is 6.